The van der Waals surface area contributed by atoms with Crippen molar-refractivity contribution in [3.05, 3.63) is 29.8 Å². The number of likely N-dealkylation sites (tertiary alicyclic amines) is 1. The summed E-state index contributed by atoms with van der Waals surface area (Å²) in [6.07, 6.45) is 1.04. The summed E-state index contributed by atoms with van der Waals surface area (Å²) in [5.41, 5.74) is -0.401. The highest BCUT2D eigenvalue weighted by atomic mass is 16.5. The summed E-state index contributed by atoms with van der Waals surface area (Å²) < 4.78 is 6.07. The van der Waals surface area contributed by atoms with Gasteiger partial charge in [-0.3, -0.25) is 14.4 Å². The Morgan fingerprint density at radius 1 is 1.32 bits per heavy atom. The molecule has 1 aromatic rings. The Balaban J connectivity index is 1.72. The maximum Gasteiger partial charge on any atom is 0.258 e. The van der Waals surface area contributed by atoms with Crippen molar-refractivity contribution in [1.29, 1.82) is 0 Å². The van der Waals surface area contributed by atoms with E-state index in [1.807, 2.05) is 19.9 Å². The number of hydrogen-bond acceptors (Lipinski definition) is 4. The Bertz CT molecular complexity index is 703. The van der Waals surface area contributed by atoms with E-state index in [0.29, 0.717) is 30.7 Å². The Hall–Kier alpha value is -2.57. The second-order valence-corrected chi connectivity index (χ2v) is 6.83. The normalized spacial score (nSPS) is 22.9. The molecule has 3 rings (SSSR count). The van der Waals surface area contributed by atoms with Gasteiger partial charge < -0.3 is 20.3 Å². The number of amides is 3. The van der Waals surface area contributed by atoms with E-state index >= 15 is 0 Å². The molecular formula is C18H23N3O4. The third kappa shape index (κ3) is 3.75. The molecule has 134 valence electrons. The van der Waals surface area contributed by atoms with Crippen LogP contribution >= 0.6 is 0 Å². The van der Waals surface area contributed by atoms with Gasteiger partial charge in [0.25, 0.3) is 5.91 Å². The van der Waals surface area contributed by atoms with Crippen LogP contribution in [0.1, 0.15) is 43.5 Å². The Labute approximate surface area is 146 Å². The Morgan fingerprint density at radius 3 is 2.84 bits per heavy atom. The molecule has 1 spiro atoms. The van der Waals surface area contributed by atoms with Crippen molar-refractivity contribution in [2.45, 2.75) is 44.9 Å². The number of benzene rings is 1. The van der Waals surface area contributed by atoms with Crippen LogP contribution in [-0.4, -0.2) is 47.5 Å². The van der Waals surface area contributed by atoms with Gasteiger partial charge in [0.1, 0.15) is 5.75 Å². The van der Waals surface area contributed by atoms with Crippen molar-refractivity contribution < 1.29 is 19.1 Å². The predicted octanol–water partition coefficient (Wildman–Crippen LogP) is 1.04. The number of nitrogens with zero attached hydrogens (tertiary/aromatic N) is 1. The van der Waals surface area contributed by atoms with Gasteiger partial charge >= 0.3 is 0 Å². The second-order valence-electron chi connectivity index (χ2n) is 6.83. The van der Waals surface area contributed by atoms with Crippen LogP contribution < -0.4 is 15.4 Å². The summed E-state index contributed by atoms with van der Waals surface area (Å²) in [6, 6.07) is 7.10. The van der Waals surface area contributed by atoms with Crippen LogP contribution in [0.4, 0.5) is 0 Å². The van der Waals surface area contributed by atoms with E-state index in [4.69, 9.17) is 4.74 Å². The van der Waals surface area contributed by atoms with Crippen LogP contribution in [-0.2, 0) is 9.59 Å². The molecular weight excluding hydrogens is 322 g/mol. The number of para-hydroxylation sites is 1. The van der Waals surface area contributed by atoms with Gasteiger partial charge in [0.15, 0.2) is 5.72 Å². The number of carbonyl (C=O) groups is 3. The number of ether oxygens (including phenoxy) is 1. The largest absolute Gasteiger partial charge is 0.467 e. The van der Waals surface area contributed by atoms with Crippen molar-refractivity contribution in [3.8, 4) is 5.75 Å². The lowest BCUT2D eigenvalue weighted by Crippen LogP contribution is -2.56. The fraction of sp³-hybridized carbons (Fsp3) is 0.500. The first kappa shape index (κ1) is 17.3. The molecule has 2 heterocycles. The van der Waals surface area contributed by atoms with Gasteiger partial charge in [-0.2, -0.15) is 0 Å². The molecule has 0 bridgehead atoms. The maximum absolute atomic E-state index is 12.4. The fourth-order valence-electron chi connectivity index (χ4n) is 3.22. The molecule has 2 aliphatic rings. The lowest BCUT2D eigenvalue weighted by atomic mass is 10.0. The highest BCUT2D eigenvalue weighted by molar-refractivity contribution is 5.98. The van der Waals surface area contributed by atoms with Gasteiger partial charge in [-0.05, 0) is 26.0 Å². The third-order valence-corrected chi connectivity index (χ3v) is 4.44. The van der Waals surface area contributed by atoms with Crippen molar-refractivity contribution in [2.24, 2.45) is 0 Å². The summed E-state index contributed by atoms with van der Waals surface area (Å²) >= 11 is 0. The van der Waals surface area contributed by atoms with Crippen molar-refractivity contribution in [2.75, 3.05) is 13.1 Å². The van der Waals surface area contributed by atoms with Gasteiger partial charge in [-0.25, -0.2) is 0 Å². The van der Waals surface area contributed by atoms with E-state index in [0.717, 1.165) is 0 Å². The number of carbonyl (C=O) groups excluding carboxylic acids is 3. The highest BCUT2D eigenvalue weighted by Crippen LogP contribution is 2.33. The molecule has 7 heteroatoms. The third-order valence-electron chi connectivity index (χ3n) is 4.44. The number of hydrogen-bond donors (Lipinski definition) is 2. The number of rotatable bonds is 3. The zero-order chi connectivity index (χ0) is 18.0. The quantitative estimate of drug-likeness (QED) is 0.857. The Kier molecular flexibility index (Phi) is 4.65. The summed E-state index contributed by atoms with van der Waals surface area (Å²) in [4.78, 5) is 38.2. The van der Waals surface area contributed by atoms with E-state index in [-0.39, 0.29) is 36.7 Å². The number of nitrogens with one attached hydrogen (secondary N) is 2. The monoisotopic (exact) mass is 345 g/mol. The van der Waals surface area contributed by atoms with E-state index in [2.05, 4.69) is 10.6 Å². The van der Waals surface area contributed by atoms with Crippen LogP contribution in [0.3, 0.4) is 0 Å². The van der Waals surface area contributed by atoms with E-state index < -0.39 is 5.72 Å². The predicted molar refractivity (Wildman–Crippen MR) is 91.0 cm³/mol. The molecule has 2 N–H and O–H groups in total. The fourth-order valence-corrected chi connectivity index (χ4v) is 3.22. The van der Waals surface area contributed by atoms with E-state index in [1.54, 1.807) is 18.2 Å². The summed E-state index contributed by atoms with van der Waals surface area (Å²) in [5.74, 6) is 0.0516. The summed E-state index contributed by atoms with van der Waals surface area (Å²) in [5, 5.41) is 5.70. The molecule has 0 aromatic heterocycles. The first-order chi connectivity index (χ1) is 11.9. The minimum atomic E-state index is -0.898. The topological polar surface area (TPSA) is 87.7 Å². The minimum Gasteiger partial charge on any atom is -0.467 e. The smallest absolute Gasteiger partial charge is 0.258 e. The molecule has 0 radical (unpaired) electrons. The summed E-state index contributed by atoms with van der Waals surface area (Å²) in [6.45, 7) is 4.13. The minimum absolute atomic E-state index is 0.0254. The first-order valence-electron chi connectivity index (χ1n) is 8.56. The van der Waals surface area contributed by atoms with Crippen molar-refractivity contribution >= 4 is 17.7 Å². The molecule has 1 saturated heterocycles. The van der Waals surface area contributed by atoms with E-state index in [9.17, 15) is 14.4 Å². The SMILES string of the molecule is CC(C)NC(=O)CN1CC[C@]2(CCC1=O)NC(=O)c1ccccc1O2. The standard InChI is InChI=1S/C18H23N3O4/c1-12(2)19-15(22)11-21-10-9-18(8-7-16(21)23)20-17(24)13-5-3-4-6-14(13)25-18/h3-6,12H,7-11H2,1-2H3,(H,19,22)(H,20,24)/t18-/m1/s1. The molecule has 0 unspecified atom stereocenters. The first-order valence-corrected chi connectivity index (χ1v) is 8.56. The van der Waals surface area contributed by atoms with Crippen LogP contribution in [0.15, 0.2) is 24.3 Å². The van der Waals surface area contributed by atoms with E-state index in [1.165, 1.54) is 4.90 Å². The lowest BCUT2D eigenvalue weighted by molar-refractivity contribution is -0.135. The van der Waals surface area contributed by atoms with Crippen molar-refractivity contribution in [1.82, 2.24) is 15.5 Å². The molecule has 7 nitrogen and oxygen atoms in total. The average Bonchev–Trinajstić information content (AvgIpc) is 2.68. The van der Waals surface area contributed by atoms with Gasteiger partial charge in [-0.15, -0.1) is 0 Å². The maximum atomic E-state index is 12.4. The molecule has 0 aliphatic carbocycles. The zero-order valence-corrected chi connectivity index (χ0v) is 14.5. The molecule has 25 heavy (non-hydrogen) atoms. The van der Waals surface area contributed by atoms with Gasteiger partial charge in [0.2, 0.25) is 11.8 Å². The Morgan fingerprint density at radius 2 is 2.08 bits per heavy atom. The highest BCUT2D eigenvalue weighted by Gasteiger charge is 2.42. The van der Waals surface area contributed by atoms with Crippen LogP contribution in [0.5, 0.6) is 5.75 Å². The van der Waals surface area contributed by atoms with Crippen molar-refractivity contribution in [3.63, 3.8) is 0 Å². The van der Waals surface area contributed by atoms with Gasteiger partial charge in [0.05, 0.1) is 12.1 Å². The molecule has 3 amide bonds. The van der Waals surface area contributed by atoms with Crippen LogP contribution in [0.25, 0.3) is 0 Å². The van der Waals surface area contributed by atoms with Crippen LogP contribution in [0, 0.1) is 0 Å². The molecule has 2 aliphatic heterocycles. The molecule has 1 atom stereocenters. The van der Waals surface area contributed by atoms with Gasteiger partial charge in [0, 0.05) is 31.8 Å². The average molecular weight is 345 g/mol. The molecule has 1 fully saturated rings. The lowest BCUT2D eigenvalue weighted by Gasteiger charge is -2.38. The second kappa shape index (κ2) is 6.74. The molecule has 0 saturated carbocycles. The summed E-state index contributed by atoms with van der Waals surface area (Å²) in [7, 11) is 0. The zero-order valence-electron chi connectivity index (χ0n) is 14.5. The number of fused-ring (bicyclic) bond motifs is 1. The van der Waals surface area contributed by atoms with Crippen LogP contribution in [0.2, 0.25) is 0 Å². The molecule has 1 aromatic carbocycles. The van der Waals surface area contributed by atoms with Gasteiger partial charge in [-0.1, -0.05) is 12.1 Å².